The van der Waals surface area contributed by atoms with Gasteiger partial charge in [0.2, 0.25) is 0 Å². The molecule has 0 radical (unpaired) electrons. The smallest absolute Gasteiger partial charge is 0.385 e. The number of rotatable bonds is 6. The zero-order chi connectivity index (χ0) is 16.0. The van der Waals surface area contributed by atoms with Crippen molar-refractivity contribution >= 4 is 23.4 Å². The second kappa shape index (κ2) is 7.59. The molecule has 3 nitrogen and oxygen atoms in total. The molecule has 0 fully saturated rings. The number of nitrogens with one attached hydrogen (secondary N) is 1. The molecule has 1 rings (SSSR count). The number of anilines is 1. The van der Waals surface area contributed by atoms with Gasteiger partial charge in [0.15, 0.2) is 0 Å². The van der Waals surface area contributed by atoms with Gasteiger partial charge in [-0.25, -0.2) is 0 Å². The number of hydrogen-bond acceptors (Lipinski definition) is 3. The van der Waals surface area contributed by atoms with Gasteiger partial charge in [0.05, 0.1) is 5.56 Å². The maximum Gasteiger partial charge on any atom is 0.418 e. The summed E-state index contributed by atoms with van der Waals surface area (Å²) in [5.74, 6) is 0.335. The van der Waals surface area contributed by atoms with E-state index in [1.165, 1.54) is 17.0 Å². The van der Waals surface area contributed by atoms with Crippen LogP contribution in [0.25, 0.3) is 0 Å². The van der Waals surface area contributed by atoms with E-state index in [4.69, 9.17) is 0 Å². The number of benzene rings is 1. The number of halogens is 3. The Kier molecular flexibility index (Phi) is 6.39. The van der Waals surface area contributed by atoms with Crippen molar-refractivity contribution in [2.45, 2.75) is 13.1 Å². The quantitative estimate of drug-likeness (QED) is 0.869. The van der Waals surface area contributed by atoms with E-state index in [0.717, 1.165) is 11.8 Å². The van der Waals surface area contributed by atoms with Gasteiger partial charge in [0.1, 0.15) is 0 Å². The van der Waals surface area contributed by atoms with Crippen LogP contribution < -0.4 is 5.32 Å². The minimum atomic E-state index is -4.49. The minimum Gasteiger partial charge on any atom is -0.385 e. The summed E-state index contributed by atoms with van der Waals surface area (Å²) >= 11 is 1.58. The highest BCUT2D eigenvalue weighted by molar-refractivity contribution is 7.98. The van der Waals surface area contributed by atoms with Crippen LogP contribution in [-0.4, -0.2) is 43.0 Å². The summed E-state index contributed by atoms with van der Waals surface area (Å²) in [5.41, 5.74) is -0.769. The first-order valence-corrected chi connectivity index (χ1v) is 7.90. The van der Waals surface area contributed by atoms with Crippen LogP contribution in [0, 0.1) is 0 Å². The van der Waals surface area contributed by atoms with Crippen molar-refractivity contribution in [3.63, 3.8) is 0 Å². The van der Waals surface area contributed by atoms with Crippen LogP contribution in [0.2, 0.25) is 0 Å². The summed E-state index contributed by atoms with van der Waals surface area (Å²) in [6.07, 6.45) is -2.59. The van der Waals surface area contributed by atoms with E-state index in [9.17, 15) is 18.0 Å². The number of hydrogen-bond donors (Lipinski definition) is 1. The van der Waals surface area contributed by atoms with E-state index in [0.29, 0.717) is 13.1 Å². The molecule has 1 amide bonds. The average Bonchev–Trinajstić information content (AvgIpc) is 2.43. The predicted molar refractivity (Wildman–Crippen MR) is 81.0 cm³/mol. The third-order valence-corrected chi connectivity index (χ3v) is 3.51. The molecular weight excluding hydrogens is 301 g/mol. The lowest BCUT2D eigenvalue weighted by molar-refractivity contribution is -0.137. The lowest BCUT2D eigenvalue weighted by Crippen LogP contribution is -2.29. The molecule has 21 heavy (non-hydrogen) atoms. The molecule has 0 aliphatic heterocycles. The molecule has 0 aliphatic carbocycles. The number of nitrogens with zero attached hydrogens (tertiary/aromatic N) is 1. The highest BCUT2D eigenvalue weighted by atomic mass is 32.2. The zero-order valence-electron chi connectivity index (χ0n) is 12.3. The van der Waals surface area contributed by atoms with Crippen molar-refractivity contribution < 1.29 is 18.0 Å². The molecule has 1 aromatic carbocycles. The first kappa shape index (κ1) is 17.7. The van der Waals surface area contributed by atoms with Crippen LogP contribution in [0.5, 0.6) is 0 Å². The topological polar surface area (TPSA) is 32.3 Å². The summed E-state index contributed by atoms with van der Waals surface area (Å²) < 4.78 is 39.2. The van der Waals surface area contributed by atoms with E-state index < -0.39 is 17.6 Å². The molecule has 0 unspecified atom stereocenters. The molecule has 7 heteroatoms. The van der Waals surface area contributed by atoms with Gasteiger partial charge in [0.25, 0.3) is 5.91 Å². The molecule has 0 spiro atoms. The highest BCUT2D eigenvalue weighted by Gasteiger charge is 2.34. The normalized spacial score (nSPS) is 11.3. The molecule has 0 aromatic heterocycles. The van der Waals surface area contributed by atoms with Crippen molar-refractivity contribution in [3.8, 4) is 0 Å². The maximum absolute atomic E-state index is 13.1. The third-order valence-electron chi connectivity index (χ3n) is 2.92. The molecule has 0 saturated heterocycles. The van der Waals surface area contributed by atoms with E-state index in [2.05, 4.69) is 5.32 Å². The Morgan fingerprint density at radius 3 is 2.57 bits per heavy atom. The summed E-state index contributed by atoms with van der Waals surface area (Å²) in [6, 6.07) is 3.64. The molecule has 0 aliphatic rings. The van der Waals surface area contributed by atoms with Crippen molar-refractivity contribution in [3.05, 3.63) is 29.3 Å². The number of thioether (sulfide) groups is 1. The second-order valence-electron chi connectivity index (χ2n) is 4.51. The Hall–Kier alpha value is -1.37. The molecule has 0 atom stereocenters. The van der Waals surface area contributed by atoms with Gasteiger partial charge in [0, 0.05) is 37.1 Å². The average molecular weight is 320 g/mol. The third kappa shape index (κ3) is 4.84. The summed E-state index contributed by atoms with van der Waals surface area (Å²) in [7, 11) is 1.59. The van der Waals surface area contributed by atoms with E-state index in [1.54, 1.807) is 25.7 Å². The van der Waals surface area contributed by atoms with Crippen molar-refractivity contribution in [2.75, 3.05) is 37.5 Å². The van der Waals surface area contributed by atoms with Gasteiger partial charge in [-0.05, 0) is 31.4 Å². The van der Waals surface area contributed by atoms with Gasteiger partial charge < -0.3 is 10.2 Å². The first-order chi connectivity index (χ1) is 9.81. The Morgan fingerprint density at radius 2 is 2.05 bits per heavy atom. The Bertz CT molecular complexity index is 492. The van der Waals surface area contributed by atoms with Gasteiger partial charge in [-0.1, -0.05) is 0 Å². The predicted octanol–water partition coefficient (Wildman–Crippen LogP) is 3.57. The fraction of sp³-hybridized carbons (Fsp3) is 0.500. The number of carbonyl (C=O) groups is 1. The van der Waals surface area contributed by atoms with Crippen molar-refractivity contribution in [1.82, 2.24) is 4.90 Å². The molecule has 118 valence electrons. The summed E-state index contributed by atoms with van der Waals surface area (Å²) in [6.45, 7) is 2.59. The Morgan fingerprint density at radius 1 is 1.38 bits per heavy atom. The van der Waals surface area contributed by atoms with E-state index in [-0.39, 0.29) is 11.3 Å². The number of carbonyl (C=O) groups excluding carboxylic acids is 1. The fourth-order valence-corrected chi connectivity index (χ4v) is 2.26. The van der Waals surface area contributed by atoms with Crippen LogP contribution in [0.3, 0.4) is 0 Å². The largest absolute Gasteiger partial charge is 0.418 e. The van der Waals surface area contributed by atoms with Crippen molar-refractivity contribution in [1.29, 1.82) is 0 Å². The fourth-order valence-electron chi connectivity index (χ4n) is 1.81. The monoisotopic (exact) mass is 320 g/mol. The molecule has 0 saturated carbocycles. The van der Waals surface area contributed by atoms with Gasteiger partial charge in [-0.2, -0.15) is 24.9 Å². The zero-order valence-corrected chi connectivity index (χ0v) is 13.1. The molecule has 0 heterocycles. The number of alkyl halides is 3. The summed E-state index contributed by atoms with van der Waals surface area (Å²) in [5, 5.41) is 2.66. The van der Waals surface area contributed by atoms with E-state index in [1.807, 2.05) is 6.26 Å². The highest BCUT2D eigenvalue weighted by Crippen LogP contribution is 2.35. The van der Waals surface area contributed by atoms with Gasteiger partial charge in [-0.3, -0.25) is 4.79 Å². The Labute approximate surface area is 126 Å². The maximum atomic E-state index is 13.1. The van der Waals surface area contributed by atoms with Gasteiger partial charge >= 0.3 is 6.18 Å². The number of amides is 1. The van der Waals surface area contributed by atoms with Crippen LogP contribution in [0.1, 0.15) is 22.8 Å². The molecule has 1 aromatic rings. The Balaban J connectivity index is 3.07. The molecule has 1 N–H and O–H groups in total. The SMILES string of the molecule is CCNc1ccc(C(=O)N(C)CCSC)cc1C(F)(F)F. The summed E-state index contributed by atoms with van der Waals surface area (Å²) in [4.78, 5) is 13.6. The van der Waals surface area contributed by atoms with Crippen LogP contribution in [0.15, 0.2) is 18.2 Å². The van der Waals surface area contributed by atoms with Gasteiger partial charge in [-0.15, -0.1) is 0 Å². The van der Waals surface area contributed by atoms with Crippen LogP contribution >= 0.6 is 11.8 Å². The molecule has 0 bridgehead atoms. The minimum absolute atomic E-state index is 0.00619. The van der Waals surface area contributed by atoms with Crippen LogP contribution in [-0.2, 0) is 6.18 Å². The lowest BCUT2D eigenvalue weighted by atomic mass is 10.1. The molecular formula is C14H19F3N2OS. The van der Waals surface area contributed by atoms with Crippen LogP contribution in [0.4, 0.5) is 18.9 Å². The lowest BCUT2D eigenvalue weighted by Gasteiger charge is -2.19. The standard InChI is InChI=1S/C14H19F3N2OS/c1-4-18-12-6-5-10(9-11(12)14(15,16)17)13(20)19(2)7-8-21-3/h5-6,9,18H,4,7-8H2,1-3H3. The van der Waals surface area contributed by atoms with E-state index >= 15 is 0 Å². The second-order valence-corrected chi connectivity index (χ2v) is 5.49. The van der Waals surface area contributed by atoms with Crippen molar-refractivity contribution in [2.24, 2.45) is 0 Å². The first-order valence-electron chi connectivity index (χ1n) is 6.50.